The van der Waals surface area contributed by atoms with E-state index in [2.05, 4.69) is 41.7 Å². The number of anilines is 4. The fraction of sp³-hybridized carbons (Fsp3) is 0.163. The van der Waals surface area contributed by atoms with Gasteiger partial charge in [-0.1, -0.05) is 70.1 Å². The van der Waals surface area contributed by atoms with Gasteiger partial charge in [0.2, 0.25) is 12.1 Å². The van der Waals surface area contributed by atoms with Crippen molar-refractivity contribution in [3.05, 3.63) is 138 Å². The Kier molecular flexibility index (Phi) is 15.7. The molecule has 0 aromatic heterocycles. The fourth-order valence-electron chi connectivity index (χ4n) is 5.53. The standard InChI is InChI=1S/C43H35Cl5N8O6/c1-20-16-35(52-43(62)39(24(5)58)56-54-37-18-26(13-15-30(37)47)41(60)50-33-11-7-9-28(45)22(33)3)31(48)19-34(20)51-42(61)38(23(4)57)55-53-36-17-25(12-14-29(36)46)40(59)49-32-10-6-8-27(44)21(32)2/h6-19,38-39H,1-5H3,(H,49,59)(H,50,60)(H,51,61)(H,52,62)/t38-,39+/m0/s1. The number of ketones is 2. The molecule has 4 amide bonds. The number of rotatable bonds is 14. The third-order valence-corrected chi connectivity index (χ3v) is 10.9. The number of hydrogen-bond donors (Lipinski definition) is 4. The first kappa shape index (κ1) is 47.0. The number of azo groups is 2. The second-order valence-electron chi connectivity index (χ2n) is 13.6. The minimum Gasteiger partial charge on any atom is -0.323 e. The van der Waals surface area contributed by atoms with E-state index in [9.17, 15) is 28.8 Å². The molecule has 0 spiro atoms. The van der Waals surface area contributed by atoms with Crippen LogP contribution in [0.2, 0.25) is 25.1 Å². The van der Waals surface area contributed by atoms with E-state index in [1.165, 1.54) is 48.5 Å². The van der Waals surface area contributed by atoms with Crippen LogP contribution in [-0.2, 0) is 19.2 Å². The molecule has 0 radical (unpaired) electrons. The van der Waals surface area contributed by atoms with E-state index in [1.807, 2.05) is 0 Å². The Hall–Kier alpha value is -6.03. The van der Waals surface area contributed by atoms with E-state index >= 15 is 0 Å². The highest BCUT2D eigenvalue weighted by Crippen LogP contribution is 2.32. The number of carbonyl (C=O) groups excluding carboxylic acids is 6. The maximum absolute atomic E-state index is 13.4. The van der Waals surface area contributed by atoms with Gasteiger partial charge >= 0.3 is 0 Å². The molecule has 5 aromatic rings. The van der Waals surface area contributed by atoms with Crippen LogP contribution in [-0.4, -0.2) is 47.3 Å². The maximum Gasteiger partial charge on any atom is 0.258 e. The lowest BCUT2D eigenvalue weighted by molar-refractivity contribution is -0.127. The normalized spacial score (nSPS) is 12.2. The fourth-order valence-corrected chi connectivity index (χ4v) is 6.40. The van der Waals surface area contributed by atoms with Gasteiger partial charge in [0.1, 0.15) is 11.4 Å². The number of carbonyl (C=O) groups is 6. The SMILES string of the molecule is CC(=O)[C@@H](N=Nc1cc(C(=O)Nc2cccc(Cl)c2C)ccc1Cl)C(=O)Nc1cc(C)c(NC(=O)[C@@H](N=Nc2cc(C(=O)Nc3cccc(Cl)c3C)ccc2Cl)C(C)=O)cc1Cl. The number of Topliss-reactive ketones (excluding diaryl/α,β-unsaturated/α-hetero) is 2. The molecule has 0 aliphatic heterocycles. The lowest BCUT2D eigenvalue weighted by Crippen LogP contribution is -2.32. The topological polar surface area (TPSA) is 200 Å². The molecule has 0 saturated heterocycles. The van der Waals surface area contributed by atoms with Crippen molar-refractivity contribution in [3.63, 3.8) is 0 Å². The molecule has 0 bridgehead atoms. The summed E-state index contributed by atoms with van der Waals surface area (Å²) in [4.78, 5) is 77.9. The van der Waals surface area contributed by atoms with E-state index in [4.69, 9.17) is 58.0 Å². The van der Waals surface area contributed by atoms with Crippen molar-refractivity contribution < 1.29 is 28.8 Å². The van der Waals surface area contributed by atoms with Crippen LogP contribution in [0.4, 0.5) is 34.1 Å². The summed E-state index contributed by atoms with van der Waals surface area (Å²) < 4.78 is 0. The number of nitrogens with zero attached hydrogens (tertiary/aromatic N) is 4. The molecule has 0 fully saturated rings. The van der Waals surface area contributed by atoms with Gasteiger partial charge in [-0.05, 0) is 124 Å². The van der Waals surface area contributed by atoms with Gasteiger partial charge in [0.25, 0.3) is 23.6 Å². The summed E-state index contributed by atoms with van der Waals surface area (Å²) in [5.74, 6) is -4.06. The van der Waals surface area contributed by atoms with Crippen molar-refractivity contribution in [2.75, 3.05) is 21.3 Å². The molecule has 5 aromatic carbocycles. The number of hydrogen-bond acceptors (Lipinski definition) is 10. The van der Waals surface area contributed by atoms with Crippen LogP contribution in [0, 0.1) is 20.8 Å². The first-order valence-corrected chi connectivity index (χ1v) is 20.2. The first-order valence-electron chi connectivity index (χ1n) is 18.3. The molecule has 5 rings (SSSR count). The second-order valence-corrected chi connectivity index (χ2v) is 15.7. The molecule has 0 aliphatic carbocycles. The Bertz CT molecular complexity index is 2530. The Morgan fingerprint density at radius 3 is 1.31 bits per heavy atom. The van der Waals surface area contributed by atoms with Crippen molar-refractivity contribution >= 4 is 127 Å². The van der Waals surface area contributed by atoms with E-state index in [1.54, 1.807) is 57.2 Å². The van der Waals surface area contributed by atoms with Crippen LogP contribution in [0.25, 0.3) is 0 Å². The minimum atomic E-state index is -1.65. The molecule has 0 saturated carbocycles. The molecule has 14 nitrogen and oxygen atoms in total. The molecule has 19 heteroatoms. The summed E-state index contributed by atoms with van der Waals surface area (Å²) in [6.07, 6.45) is 0. The third-order valence-electron chi connectivity index (χ3n) is 9.11. The zero-order valence-electron chi connectivity index (χ0n) is 33.4. The van der Waals surface area contributed by atoms with Gasteiger partial charge in [-0.3, -0.25) is 28.8 Å². The van der Waals surface area contributed by atoms with Gasteiger partial charge in [-0.15, -0.1) is 0 Å². The van der Waals surface area contributed by atoms with Crippen LogP contribution in [0.3, 0.4) is 0 Å². The average Bonchev–Trinajstić information content (AvgIpc) is 3.21. The lowest BCUT2D eigenvalue weighted by Gasteiger charge is -2.16. The summed E-state index contributed by atoms with van der Waals surface area (Å²) >= 11 is 31.5. The monoisotopic (exact) mass is 934 g/mol. The van der Waals surface area contributed by atoms with Gasteiger partial charge < -0.3 is 21.3 Å². The molecular weight excluding hydrogens is 902 g/mol. The van der Waals surface area contributed by atoms with Crippen molar-refractivity contribution in [2.45, 2.75) is 46.7 Å². The molecule has 62 heavy (non-hydrogen) atoms. The van der Waals surface area contributed by atoms with E-state index in [0.29, 0.717) is 38.1 Å². The van der Waals surface area contributed by atoms with E-state index in [-0.39, 0.29) is 48.9 Å². The largest absolute Gasteiger partial charge is 0.323 e. The van der Waals surface area contributed by atoms with Crippen molar-refractivity contribution in [1.82, 2.24) is 0 Å². The Morgan fingerprint density at radius 2 is 0.887 bits per heavy atom. The number of halogens is 5. The summed E-state index contributed by atoms with van der Waals surface area (Å²) in [7, 11) is 0. The molecular formula is C43H35Cl5N8O6. The second kappa shape index (κ2) is 20.7. The predicted molar refractivity (Wildman–Crippen MR) is 243 cm³/mol. The highest BCUT2D eigenvalue weighted by atomic mass is 35.5. The average molecular weight is 937 g/mol. The Morgan fingerprint density at radius 1 is 0.468 bits per heavy atom. The molecule has 2 atom stereocenters. The summed E-state index contributed by atoms with van der Waals surface area (Å²) in [5, 5.41) is 27.7. The highest BCUT2D eigenvalue weighted by molar-refractivity contribution is 6.35. The number of nitrogens with one attached hydrogen (secondary N) is 4. The van der Waals surface area contributed by atoms with Gasteiger partial charge in [0, 0.05) is 38.2 Å². The Labute approximate surface area is 380 Å². The van der Waals surface area contributed by atoms with Crippen LogP contribution in [0.1, 0.15) is 51.3 Å². The van der Waals surface area contributed by atoms with Gasteiger partial charge in [0.05, 0.1) is 20.8 Å². The maximum atomic E-state index is 13.4. The smallest absolute Gasteiger partial charge is 0.258 e. The van der Waals surface area contributed by atoms with E-state index in [0.717, 1.165) is 13.8 Å². The quantitative estimate of drug-likeness (QED) is 0.0630. The lowest BCUT2D eigenvalue weighted by atomic mass is 10.1. The van der Waals surface area contributed by atoms with Crippen LogP contribution >= 0.6 is 58.0 Å². The van der Waals surface area contributed by atoms with Gasteiger partial charge in [-0.2, -0.15) is 20.5 Å². The summed E-state index contributed by atoms with van der Waals surface area (Å²) in [6, 6.07) is 18.1. The number of amides is 4. The van der Waals surface area contributed by atoms with Gasteiger partial charge in [0.15, 0.2) is 11.6 Å². The van der Waals surface area contributed by atoms with Crippen molar-refractivity contribution in [1.29, 1.82) is 0 Å². The molecule has 0 unspecified atom stereocenters. The number of benzene rings is 5. The minimum absolute atomic E-state index is 0.0163. The van der Waals surface area contributed by atoms with Crippen LogP contribution in [0.15, 0.2) is 105 Å². The van der Waals surface area contributed by atoms with Crippen LogP contribution < -0.4 is 21.3 Å². The summed E-state index contributed by atoms with van der Waals surface area (Å²) in [5.41, 5.74) is 3.34. The zero-order chi connectivity index (χ0) is 45.4. The van der Waals surface area contributed by atoms with Crippen molar-refractivity contribution in [2.24, 2.45) is 20.5 Å². The Balaban J connectivity index is 1.27. The summed E-state index contributed by atoms with van der Waals surface area (Å²) in [6.45, 7) is 7.39. The molecule has 318 valence electrons. The molecule has 0 heterocycles. The molecule has 0 aliphatic rings. The van der Waals surface area contributed by atoms with Crippen molar-refractivity contribution in [3.8, 4) is 0 Å². The zero-order valence-corrected chi connectivity index (χ0v) is 37.1. The first-order chi connectivity index (χ1) is 29.3. The predicted octanol–water partition coefficient (Wildman–Crippen LogP) is 11.7. The third kappa shape index (κ3) is 11.7. The highest BCUT2D eigenvalue weighted by Gasteiger charge is 2.27. The van der Waals surface area contributed by atoms with Crippen LogP contribution in [0.5, 0.6) is 0 Å². The molecule has 4 N–H and O–H groups in total. The van der Waals surface area contributed by atoms with Gasteiger partial charge in [-0.25, -0.2) is 0 Å². The number of aryl methyl sites for hydroxylation is 1. The van der Waals surface area contributed by atoms with E-state index < -0.39 is 47.3 Å².